The van der Waals surface area contributed by atoms with Crippen LogP contribution in [0.5, 0.6) is 5.75 Å². The normalized spacial score (nSPS) is 18.8. The number of rotatable bonds is 4. The molecule has 1 aromatic heterocycles. The largest absolute Gasteiger partial charge is 0.485 e. The highest BCUT2D eigenvalue weighted by atomic mass is 16.5. The van der Waals surface area contributed by atoms with Crippen LogP contribution in [0.25, 0.3) is 11.0 Å². The molecule has 3 aromatic rings. The molecule has 5 rings (SSSR count). The fourth-order valence-corrected chi connectivity index (χ4v) is 3.99. The second-order valence-electron chi connectivity index (χ2n) is 7.35. The van der Waals surface area contributed by atoms with Gasteiger partial charge in [0.2, 0.25) is 5.91 Å². The van der Waals surface area contributed by atoms with E-state index in [1.807, 2.05) is 30.3 Å². The summed E-state index contributed by atoms with van der Waals surface area (Å²) in [6.07, 6.45) is 1.26. The number of carbonyl (C=O) groups excluding carboxylic acids is 2. The SMILES string of the molecule is C=C1CCC(N2Cc3c(OCc4nc5ccccc5[nH]4)cccc3C2=O)C(=O)N1. The molecule has 29 heavy (non-hydrogen) atoms. The highest BCUT2D eigenvalue weighted by molar-refractivity contribution is 6.02. The van der Waals surface area contributed by atoms with Crippen molar-refractivity contribution in [3.05, 3.63) is 71.7 Å². The molecule has 2 aliphatic heterocycles. The number of fused-ring (bicyclic) bond motifs is 2. The minimum Gasteiger partial charge on any atom is -0.485 e. The topological polar surface area (TPSA) is 87.3 Å². The van der Waals surface area contributed by atoms with Crippen molar-refractivity contribution in [1.82, 2.24) is 20.2 Å². The average molecular weight is 388 g/mol. The van der Waals surface area contributed by atoms with Crippen molar-refractivity contribution in [2.45, 2.75) is 32.0 Å². The summed E-state index contributed by atoms with van der Waals surface area (Å²) < 4.78 is 6.01. The Morgan fingerprint density at radius 1 is 1.17 bits per heavy atom. The number of aromatic amines is 1. The Hall–Kier alpha value is -3.61. The van der Waals surface area contributed by atoms with Gasteiger partial charge in [-0.25, -0.2) is 4.98 Å². The van der Waals surface area contributed by atoms with Gasteiger partial charge in [-0.3, -0.25) is 9.59 Å². The van der Waals surface area contributed by atoms with Crippen molar-refractivity contribution in [2.24, 2.45) is 0 Å². The van der Waals surface area contributed by atoms with Gasteiger partial charge in [0.15, 0.2) is 0 Å². The molecule has 3 heterocycles. The lowest BCUT2D eigenvalue weighted by molar-refractivity contribution is -0.126. The van der Waals surface area contributed by atoms with Crippen molar-refractivity contribution < 1.29 is 14.3 Å². The number of carbonyl (C=O) groups is 2. The standard InChI is InChI=1S/C22H20N4O3/c1-13-9-10-18(21(27)23-13)26-11-15-14(22(26)28)5-4-8-19(15)29-12-20-24-16-6-2-3-7-17(16)25-20/h2-8,18H,1,9-12H2,(H,23,27)(H,24,25). The van der Waals surface area contributed by atoms with E-state index in [1.54, 1.807) is 17.0 Å². The quantitative estimate of drug-likeness (QED) is 0.719. The minimum absolute atomic E-state index is 0.137. The van der Waals surface area contributed by atoms with Crippen LogP contribution in [0.15, 0.2) is 54.7 Å². The molecule has 7 heteroatoms. The van der Waals surface area contributed by atoms with Crippen LogP contribution in [-0.4, -0.2) is 32.7 Å². The van der Waals surface area contributed by atoms with Gasteiger partial charge in [-0.05, 0) is 37.1 Å². The first-order chi connectivity index (χ1) is 14.1. The molecule has 2 aromatic carbocycles. The Labute approximate surface area is 167 Å². The van der Waals surface area contributed by atoms with Crippen LogP contribution in [0.3, 0.4) is 0 Å². The zero-order valence-electron chi connectivity index (χ0n) is 15.8. The number of imidazole rings is 1. The van der Waals surface area contributed by atoms with E-state index in [0.29, 0.717) is 36.4 Å². The van der Waals surface area contributed by atoms with Gasteiger partial charge < -0.3 is 19.9 Å². The first-order valence-corrected chi connectivity index (χ1v) is 9.58. The molecule has 0 aliphatic carbocycles. The average Bonchev–Trinajstić information content (AvgIpc) is 3.28. The number of hydrogen-bond donors (Lipinski definition) is 2. The van der Waals surface area contributed by atoms with E-state index in [1.165, 1.54) is 0 Å². The molecule has 0 spiro atoms. The minimum atomic E-state index is -0.483. The number of para-hydroxylation sites is 2. The van der Waals surface area contributed by atoms with E-state index < -0.39 is 6.04 Å². The molecule has 1 saturated heterocycles. The Kier molecular flexibility index (Phi) is 4.08. The summed E-state index contributed by atoms with van der Waals surface area (Å²) in [5.41, 5.74) is 3.94. The van der Waals surface area contributed by atoms with Gasteiger partial charge in [-0.1, -0.05) is 24.8 Å². The Morgan fingerprint density at radius 2 is 2.03 bits per heavy atom. The van der Waals surface area contributed by atoms with Crippen molar-refractivity contribution in [3.63, 3.8) is 0 Å². The number of H-pyrrole nitrogens is 1. The molecule has 1 unspecified atom stereocenters. The van der Waals surface area contributed by atoms with E-state index in [9.17, 15) is 9.59 Å². The summed E-state index contributed by atoms with van der Waals surface area (Å²) in [5, 5.41) is 2.76. The third kappa shape index (κ3) is 3.04. The molecule has 0 radical (unpaired) electrons. The second-order valence-corrected chi connectivity index (χ2v) is 7.35. The number of hydrogen-bond acceptors (Lipinski definition) is 4. The number of amides is 2. The molecule has 2 N–H and O–H groups in total. The van der Waals surface area contributed by atoms with E-state index in [2.05, 4.69) is 21.9 Å². The number of benzene rings is 2. The molecule has 7 nitrogen and oxygen atoms in total. The highest BCUT2D eigenvalue weighted by Crippen LogP contribution is 2.34. The van der Waals surface area contributed by atoms with E-state index in [4.69, 9.17) is 4.74 Å². The molecule has 2 aliphatic rings. The maximum atomic E-state index is 12.9. The van der Waals surface area contributed by atoms with Crippen molar-refractivity contribution >= 4 is 22.8 Å². The van der Waals surface area contributed by atoms with Gasteiger partial charge in [-0.15, -0.1) is 0 Å². The van der Waals surface area contributed by atoms with Crippen LogP contribution in [0.2, 0.25) is 0 Å². The van der Waals surface area contributed by atoms with Gasteiger partial charge in [0.1, 0.15) is 24.2 Å². The van der Waals surface area contributed by atoms with E-state index >= 15 is 0 Å². The molecular formula is C22H20N4O3. The van der Waals surface area contributed by atoms with E-state index in [0.717, 1.165) is 22.4 Å². The van der Waals surface area contributed by atoms with Gasteiger partial charge >= 0.3 is 0 Å². The maximum Gasteiger partial charge on any atom is 0.255 e. The Bertz CT molecular complexity index is 1120. The van der Waals surface area contributed by atoms with Crippen LogP contribution in [0.1, 0.15) is 34.6 Å². The molecule has 1 atom stereocenters. The van der Waals surface area contributed by atoms with Crippen LogP contribution in [-0.2, 0) is 17.9 Å². The zero-order chi connectivity index (χ0) is 20.0. The monoisotopic (exact) mass is 388 g/mol. The number of nitrogens with one attached hydrogen (secondary N) is 2. The third-order valence-corrected chi connectivity index (χ3v) is 5.45. The number of piperidine rings is 1. The van der Waals surface area contributed by atoms with Crippen LogP contribution in [0, 0.1) is 0 Å². The predicted octanol–water partition coefficient (Wildman–Crippen LogP) is 2.89. The van der Waals surface area contributed by atoms with Crippen LogP contribution >= 0.6 is 0 Å². The van der Waals surface area contributed by atoms with Crippen LogP contribution < -0.4 is 10.1 Å². The summed E-state index contributed by atoms with van der Waals surface area (Å²) in [5.74, 6) is 1.04. The molecule has 0 bridgehead atoms. The van der Waals surface area contributed by atoms with Gasteiger partial charge in [0.25, 0.3) is 5.91 Å². The van der Waals surface area contributed by atoms with Crippen molar-refractivity contribution in [2.75, 3.05) is 0 Å². The lowest BCUT2D eigenvalue weighted by atomic mass is 10.0. The smallest absolute Gasteiger partial charge is 0.255 e. The fourth-order valence-electron chi connectivity index (χ4n) is 3.99. The molecule has 0 saturated carbocycles. The number of allylic oxidation sites excluding steroid dienone is 1. The first-order valence-electron chi connectivity index (χ1n) is 9.58. The number of nitrogens with zero attached hydrogens (tertiary/aromatic N) is 2. The molecular weight excluding hydrogens is 368 g/mol. The molecule has 1 fully saturated rings. The first kappa shape index (κ1) is 17.5. The molecule has 2 amide bonds. The van der Waals surface area contributed by atoms with Gasteiger partial charge in [0, 0.05) is 16.8 Å². The summed E-state index contributed by atoms with van der Waals surface area (Å²) in [4.78, 5) is 34.7. The summed E-state index contributed by atoms with van der Waals surface area (Å²) in [7, 11) is 0. The second kappa shape index (κ2) is 6.77. The fraction of sp³-hybridized carbons (Fsp3) is 0.227. The van der Waals surface area contributed by atoms with E-state index in [-0.39, 0.29) is 18.4 Å². The highest BCUT2D eigenvalue weighted by Gasteiger charge is 2.39. The van der Waals surface area contributed by atoms with Gasteiger partial charge in [-0.2, -0.15) is 0 Å². The summed E-state index contributed by atoms with van der Waals surface area (Å²) >= 11 is 0. The molecule has 146 valence electrons. The van der Waals surface area contributed by atoms with Crippen LogP contribution in [0.4, 0.5) is 0 Å². The maximum absolute atomic E-state index is 12.9. The summed E-state index contributed by atoms with van der Waals surface area (Å²) in [6, 6.07) is 12.7. The van der Waals surface area contributed by atoms with Crippen molar-refractivity contribution in [3.8, 4) is 5.75 Å². The summed E-state index contributed by atoms with van der Waals surface area (Å²) in [6.45, 7) is 4.43. The number of ether oxygens (including phenoxy) is 1. The Morgan fingerprint density at radius 3 is 2.86 bits per heavy atom. The Balaban J connectivity index is 1.36. The lowest BCUT2D eigenvalue weighted by Crippen LogP contribution is -2.49. The lowest BCUT2D eigenvalue weighted by Gasteiger charge is -2.30. The van der Waals surface area contributed by atoms with Gasteiger partial charge in [0.05, 0.1) is 17.6 Å². The zero-order valence-corrected chi connectivity index (χ0v) is 15.8. The third-order valence-electron chi connectivity index (χ3n) is 5.45. The number of aromatic nitrogens is 2. The van der Waals surface area contributed by atoms with Crippen molar-refractivity contribution in [1.29, 1.82) is 0 Å². The predicted molar refractivity (Wildman–Crippen MR) is 107 cm³/mol.